The minimum absolute atomic E-state index is 0.0168. The summed E-state index contributed by atoms with van der Waals surface area (Å²) in [6, 6.07) is 11.6. The van der Waals surface area contributed by atoms with Crippen LogP contribution in [-0.2, 0) is 9.53 Å². The Morgan fingerprint density at radius 1 is 1.27 bits per heavy atom. The molecule has 0 bridgehead atoms. The number of carbonyl (C=O) groups is 1. The zero-order valence-corrected chi connectivity index (χ0v) is 17.4. The van der Waals surface area contributed by atoms with Crippen molar-refractivity contribution in [1.82, 2.24) is 9.88 Å². The highest BCUT2D eigenvalue weighted by molar-refractivity contribution is 5.78. The first-order valence-corrected chi connectivity index (χ1v) is 10.2. The number of rotatable bonds is 4. The second-order valence-corrected chi connectivity index (χ2v) is 7.99. The summed E-state index contributed by atoms with van der Waals surface area (Å²) in [5.74, 6) is 1.40. The van der Waals surface area contributed by atoms with Gasteiger partial charge in [0, 0.05) is 19.3 Å². The molecule has 2 fully saturated rings. The van der Waals surface area contributed by atoms with Crippen LogP contribution >= 0.6 is 0 Å². The molecule has 7 nitrogen and oxygen atoms in total. The Kier molecular flexibility index (Phi) is 5.60. The molecule has 156 valence electrons. The van der Waals surface area contributed by atoms with Gasteiger partial charge in [-0.15, -0.1) is 0 Å². The van der Waals surface area contributed by atoms with Crippen LogP contribution in [0.1, 0.15) is 23.1 Å². The van der Waals surface area contributed by atoms with Gasteiger partial charge in [-0.05, 0) is 49.6 Å². The van der Waals surface area contributed by atoms with Crippen molar-refractivity contribution in [2.75, 3.05) is 44.3 Å². The molecule has 2 saturated heterocycles. The van der Waals surface area contributed by atoms with E-state index in [0.29, 0.717) is 37.6 Å². The second-order valence-electron chi connectivity index (χ2n) is 7.99. The maximum absolute atomic E-state index is 12.8. The van der Waals surface area contributed by atoms with Crippen LogP contribution in [0, 0.1) is 25.2 Å². The van der Waals surface area contributed by atoms with E-state index in [1.54, 1.807) is 18.3 Å². The topological polar surface area (TPSA) is 78.7 Å². The van der Waals surface area contributed by atoms with Crippen LogP contribution in [0.5, 0.6) is 5.75 Å². The molecule has 0 saturated carbocycles. The van der Waals surface area contributed by atoms with Gasteiger partial charge in [0.25, 0.3) is 5.91 Å². The van der Waals surface area contributed by atoms with Gasteiger partial charge in [0.2, 0.25) is 0 Å². The molecule has 0 aliphatic carbocycles. The standard InChI is InChI=1S/C23H26N4O3/c1-17-5-3-7-20(18(17)2)29-14-21(28)26-11-12-30-23(15-26)8-10-27(16-23)22-19(13-24)6-4-9-25-22/h3-7,9H,8,10-12,14-16H2,1-2H3. The molecule has 0 N–H and O–H groups in total. The quantitative estimate of drug-likeness (QED) is 0.776. The van der Waals surface area contributed by atoms with Crippen LogP contribution in [0.2, 0.25) is 0 Å². The highest BCUT2D eigenvalue weighted by Crippen LogP contribution is 2.33. The minimum Gasteiger partial charge on any atom is -0.483 e. The van der Waals surface area contributed by atoms with Crippen LogP contribution in [0.25, 0.3) is 0 Å². The van der Waals surface area contributed by atoms with Gasteiger partial charge in [0.15, 0.2) is 6.61 Å². The molecule has 7 heteroatoms. The highest BCUT2D eigenvalue weighted by Gasteiger charge is 2.44. The Bertz CT molecular complexity index is 987. The summed E-state index contributed by atoms with van der Waals surface area (Å²) in [7, 11) is 0. The number of nitrogens with zero attached hydrogens (tertiary/aromatic N) is 4. The summed E-state index contributed by atoms with van der Waals surface area (Å²) in [5, 5.41) is 9.37. The van der Waals surface area contributed by atoms with Gasteiger partial charge in [0.05, 0.1) is 25.3 Å². The summed E-state index contributed by atoms with van der Waals surface area (Å²) >= 11 is 0. The average molecular weight is 406 g/mol. The number of morpholine rings is 1. The number of hydrogen-bond donors (Lipinski definition) is 0. The van der Waals surface area contributed by atoms with Crippen molar-refractivity contribution in [2.45, 2.75) is 25.9 Å². The zero-order chi connectivity index (χ0) is 21.1. The summed E-state index contributed by atoms with van der Waals surface area (Å²) in [6.07, 6.45) is 2.49. The molecular weight excluding hydrogens is 380 g/mol. The van der Waals surface area contributed by atoms with E-state index in [0.717, 1.165) is 29.8 Å². The lowest BCUT2D eigenvalue weighted by molar-refractivity contribution is -0.149. The smallest absolute Gasteiger partial charge is 0.260 e. The molecular formula is C23H26N4O3. The SMILES string of the molecule is Cc1cccc(OCC(=O)N2CCOC3(CCN(c4ncccc4C#N)C3)C2)c1C. The van der Waals surface area contributed by atoms with Crippen molar-refractivity contribution in [2.24, 2.45) is 0 Å². The second kappa shape index (κ2) is 8.33. The third-order valence-corrected chi connectivity index (χ3v) is 6.03. The molecule has 1 aromatic carbocycles. The molecule has 3 heterocycles. The van der Waals surface area contributed by atoms with E-state index >= 15 is 0 Å². The van der Waals surface area contributed by atoms with Crippen LogP contribution < -0.4 is 9.64 Å². The number of nitriles is 1. The first-order valence-electron chi connectivity index (χ1n) is 10.2. The summed E-state index contributed by atoms with van der Waals surface area (Å²) in [5.41, 5.74) is 2.32. The number of ether oxygens (including phenoxy) is 2. The predicted octanol–water partition coefficient (Wildman–Crippen LogP) is 2.46. The molecule has 1 aromatic heterocycles. The molecule has 2 aliphatic rings. The number of pyridine rings is 1. The lowest BCUT2D eigenvalue weighted by atomic mass is 10.0. The monoisotopic (exact) mass is 406 g/mol. The van der Waals surface area contributed by atoms with Gasteiger partial charge in [-0.25, -0.2) is 4.98 Å². The zero-order valence-electron chi connectivity index (χ0n) is 17.4. The summed E-state index contributed by atoms with van der Waals surface area (Å²) in [6.45, 7) is 6.98. The summed E-state index contributed by atoms with van der Waals surface area (Å²) < 4.78 is 12.0. The molecule has 0 radical (unpaired) electrons. The maximum atomic E-state index is 12.8. The Balaban J connectivity index is 1.40. The van der Waals surface area contributed by atoms with E-state index in [-0.39, 0.29) is 12.5 Å². The normalized spacial score (nSPS) is 21.0. The number of benzene rings is 1. The number of carbonyl (C=O) groups excluding carboxylic acids is 1. The fraction of sp³-hybridized carbons (Fsp3) is 0.435. The molecule has 1 spiro atoms. The summed E-state index contributed by atoms with van der Waals surface area (Å²) in [4.78, 5) is 21.1. The first kappa shape index (κ1) is 20.2. The molecule has 4 rings (SSSR count). The van der Waals surface area contributed by atoms with Crippen LogP contribution in [0.3, 0.4) is 0 Å². The van der Waals surface area contributed by atoms with Gasteiger partial charge < -0.3 is 19.3 Å². The van der Waals surface area contributed by atoms with Crippen molar-refractivity contribution < 1.29 is 14.3 Å². The van der Waals surface area contributed by atoms with Gasteiger partial charge in [0.1, 0.15) is 23.2 Å². The van der Waals surface area contributed by atoms with Crippen molar-refractivity contribution in [3.05, 3.63) is 53.2 Å². The fourth-order valence-electron chi connectivity index (χ4n) is 4.18. The van der Waals surface area contributed by atoms with E-state index in [4.69, 9.17) is 9.47 Å². The highest BCUT2D eigenvalue weighted by atomic mass is 16.5. The van der Waals surface area contributed by atoms with Gasteiger partial charge in [-0.2, -0.15) is 5.26 Å². The molecule has 1 atom stereocenters. The van der Waals surface area contributed by atoms with E-state index in [1.165, 1.54) is 0 Å². The van der Waals surface area contributed by atoms with Crippen molar-refractivity contribution in [1.29, 1.82) is 5.26 Å². The Morgan fingerprint density at radius 3 is 2.97 bits per heavy atom. The minimum atomic E-state index is -0.433. The number of aromatic nitrogens is 1. The van der Waals surface area contributed by atoms with Crippen LogP contribution in [0.15, 0.2) is 36.5 Å². The van der Waals surface area contributed by atoms with Crippen LogP contribution in [0.4, 0.5) is 5.82 Å². The first-order chi connectivity index (χ1) is 14.5. The number of aryl methyl sites for hydroxylation is 1. The van der Waals surface area contributed by atoms with Gasteiger partial charge in [-0.1, -0.05) is 12.1 Å². The Hall–Kier alpha value is -3.11. The molecule has 1 unspecified atom stereocenters. The number of anilines is 1. The van der Waals surface area contributed by atoms with E-state index in [2.05, 4.69) is 16.0 Å². The van der Waals surface area contributed by atoms with Crippen molar-refractivity contribution in [3.63, 3.8) is 0 Å². The Morgan fingerprint density at radius 2 is 2.13 bits per heavy atom. The van der Waals surface area contributed by atoms with Gasteiger partial charge >= 0.3 is 0 Å². The molecule has 30 heavy (non-hydrogen) atoms. The maximum Gasteiger partial charge on any atom is 0.260 e. The van der Waals surface area contributed by atoms with E-state index in [1.807, 2.05) is 36.9 Å². The van der Waals surface area contributed by atoms with Crippen molar-refractivity contribution >= 4 is 11.7 Å². The van der Waals surface area contributed by atoms with Crippen molar-refractivity contribution in [3.8, 4) is 11.8 Å². The Labute approximate surface area is 176 Å². The largest absolute Gasteiger partial charge is 0.483 e. The predicted molar refractivity (Wildman–Crippen MR) is 112 cm³/mol. The van der Waals surface area contributed by atoms with Gasteiger partial charge in [-0.3, -0.25) is 4.79 Å². The van der Waals surface area contributed by atoms with E-state index < -0.39 is 5.60 Å². The average Bonchev–Trinajstić information content (AvgIpc) is 3.17. The lowest BCUT2D eigenvalue weighted by Crippen LogP contribution is -2.55. The fourth-order valence-corrected chi connectivity index (χ4v) is 4.18. The number of hydrogen-bond acceptors (Lipinski definition) is 6. The number of amides is 1. The molecule has 1 amide bonds. The molecule has 2 aliphatic heterocycles. The third kappa shape index (κ3) is 3.96. The van der Waals surface area contributed by atoms with E-state index in [9.17, 15) is 10.1 Å². The van der Waals surface area contributed by atoms with Crippen LogP contribution in [-0.4, -0.2) is 60.8 Å². The third-order valence-electron chi connectivity index (χ3n) is 6.03. The lowest BCUT2D eigenvalue weighted by Gasteiger charge is -2.40. The molecule has 2 aromatic rings.